The number of hydrazone groups is 1. The minimum Gasteiger partial charge on any atom is -0.497 e. The van der Waals surface area contributed by atoms with Gasteiger partial charge in [0.1, 0.15) is 12.3 Å². The van der Waals surface area contributed by atoms with Gasteiger partial charge < -0.3 is 14.4 Å². The lowest BCUT2D eigenvalue weighted by atomic mass is 9.98. The molecule has 0 bridgehead atoms. The molecule has 9 heteroatoms. The summed E-state index contributed by atoms with van der Waals surface area (Å²) < 4.78 is 10.7. The third kappa shape index (κ3) is 6.89. The van der Waals surface area contributed by atoms with Gasteiger partial charge in [-0.1, -0.05) is 37.6 Å². The fourth-order valence-electron chi connectivity index (χ4n) is 4.60. The molecule has 2 aliphatic rings. The second-order valence-electron chi connectivity index (χ2n) is 9.65. The highest BCUT2D eigenvalue weighted by Gasteiger charge is 2.34. The number of rotatable bonds is 9. The van der Waals surface area contributed by atoms with E-state index in [1.165, 1.54) is 5.01 Å². The van der Waals surface area contributed by atoms with Gasteiger partial charge in [0, 0.05) is 43.5 Å². The number of morpholine rings is 1. The van der Waals surface area contributed by atoms with E-state index in [2.05, 4.69) is 4.90 Å². The van der Waals surface area contributed by atoms with Crippen LogP contribution < -0.4 is 4.74 Å². The van der Waals surface area contributed by atoms with Crippen molar-refractivity contribution in [2.45, 2.75) is 26.3 Å². The molecule has 1 saturated heterocycles. The molecule has 0 aromatic heterocycles. The molecule has 0 spiro atoms. The maximum atomic E-state index is 13.7. The predicted octanol–water partition coefficient (Wildman–Crippen LogP) is 3.84. The largest absolute Gasteiger partial charge is 0.497 e. The third-order valence-electron chi connectivity index (χ3n) is 6.77. The van der Waals surface area contributed by atoms with E-state index in [0.29, 0.717) is 37.7 Å². The molecular weight excluding hydrogens is 492 g/mol. The molecule has 2 heterocycles. The first-order valence-electron chi connectivity index (χ1n) is 12.7. The average molecular weight is 527 g/mol. The minimum absolute atomic E-state index is 0.0230. The van der Waals surface area contributed by atoms with Crippen molar-refractivity contribution in [2.75, 3.05) is 53.0 Å². The molecule has 37 heavy (non-hydrogen) atoms. The molecule has 0 saturated carbocycles. The molecule has 198 valence electrons. The number of halogens is 1. The lowest BCUT2D eigenvalue weighted by molar-refractivity contribution is -0.143. The predicted molar refractivity (Wildman–Crippen MR) is 144 cm³/mol. The highest BCUT2D eigenvalue weighted by Crippen LogP contribution is 2.34. The van der Waals surface area contributed by atoms with E-state index < -0.39 is 0 Å². The van der Waals surface area contributed by atoms with Crippen LogP contribution in [0, 0.1) is 5.92 Å². The zero-order chi connectivity index (χ0) is 26.4. The average Bonchev–Trinajstić information content (AvgIpc) is 3.37. The van der Waals surface area contributed by atoms with Gasteiger partial charge in [-0.2, -0.15) is 5.10 Å². The van der Waals surface area contributed by atoms with Crippen molar-refractivity contribution in [3.05, 3.63) is 64.7 Å². The Morgan fingerprint density at radius 3 is 2.41 bits per heavy atom. The Bertz CT molecular complexity index is 1100. The summed E-state index contributed by atoms with van der Waals surface area (Å²) in [6.45, 7) is 7.93. The van der Waals surface area contributed by atoms with E-state index in [1.54, 1.807) is 12.0 Å². The lowest BCUT2D eigenvalue weighted by Gasteiger charge is -2.31. The first kappa shape index (κ1) is 27.1. The summed E-state index contributed by atoms with van der Waals surface area (Å²) in [4.78, 5) is 30.7. The first-order chi connectivity index (χ1) is 17.9. The summed E-state index contributed by atoms with van der Waals surface area (Å²) in [6.07, 6.45) is 0.561. The Morgan fingerprint density at radius 1 is 1.11 bits per heavy atom. The number of hydrogen-bond acceptors (Lipinski definition) is 6. The fourth-order valence-corrected chi connectivity index (χ4v) is 4.72. The van der Waals surface area contributed by atoms with Crippen LogP contribution in [0.1, 0.15) is 37.4 Å². The van der Waals surface area contributed by atoms with Crippen molar-refractivity contribution in [3.8, 4) is 5.75 Å². The molecule has 1 unspecified atom stereocenters. The molecule has 2 aromatic rings. The summed E-state index contributed by atoms with van der Waals surface area (Å²) in [7, 11) is 1.63. The minimum atomic E-state index is -0.280. The van der Waals surface area contributed by atoms with Gasteiger partial charge in [0.15, 0.2) is 0 Å². The van der Waals surface area contributed by atoms with Crippen molar-refractivity contribution in [1.29, 1.82) is 0 Å². The van der Waals surface area contributed by atoms with Gasteiger partial charge in [0.25, 0.3) is 5.91 Å². The normalized spacial score (nSPS) is 18.1. The molecule has 2 aromatic carbocycles. The quantitative estimate of drug-likeness (QED) is 0.496. The van der Waals surface area contributed by atoms with Gasteiger partial charge in [-0.05, 0) is 47.5 Å². The molecule has 1 atom stereocenters. The van der Waals surface area contributed by atoms with Gasteiger partial charge in [-0.25, -0.2) is 5.01 Å². The Hall–Kier alpha value is -2.94. The highest BCUT2D eigenvalue weighted by molar-refractivity contribution is 6.30. The van der Waals surface area contributed by atoms with Crippen LogP contribution in [0.5, 0.6) is 5.75 Å². The molecule has 1 fully saturated rings. The second kappa shape index (κ2) is 12.5. The number of benzene rings is 2. The van der Waals surface area contributed by atoms with E-state index in [4.69, 9.17) is 26.2 Å². The highest BCUT2D eigenvalue weighted by atomic mass is 35.5. The lowest BCUT2D eigenvalue weighted by Crippen LogP contribution is -2.47. The van der Waals surface area contributed by atoms with Crippen LogP contribution in [0.3, 0.4) is 0 Å². The molecular formula is C28H35ClN4O4. The third-order valence-corrected chi connectivity index (χ3v) is 7.02. The van der Waals surface area contributed by atoms with Gasteiger partial charge >= 0.3 is 0 Å². The van der Waals surface area contributed by atoms with E-state index in [-0.39, 0.29) is 30.3 Å². The van der Waals surface area contributed by atoms with E-state index in [1.807, 2.05) is 62.4 Å². The summed E-state index contributed by atoms with van der Waals surface area (Å²) in [5.41, 5.74) is 2.68. The van der Waals surface area contributed by atoms with Crippen LogP contribution in [0.25, 0.3) is 0 Å². The Kier molecular flexibility index (Phi) is 9.18. The molecule has 2 aliphatic heterocycles. The monoisotopic (exact) mass is 526 g/mol. The van der Waals surface area contributed by atoms with Gasteiger partial charge in [-0.15, -0.1) is 0 Å². The zero-order valence-electron chi connectivity index (χ0n) is 21.7. The Balaban J connectivity index is 1.56. The van der Waals surface area contributed by atoms with E-state index >= 15 is 0 Å². The molecule has 0 N–H and O–H groups in total. The van der Waals surface area contributed by atoms with Crippen LogP contribution in [-0.2, 0) is 14.3 Å². The van der Waals surface area contributed by atoms with Crippen LogP contribution in [0.4, 0.5) is 0 Å². The molecule has 0 radical (unpaired) electrons. The van der Waals surface area contributed by atoms with Gasteiger partial charge in [-0.3, -0.25) is 14.5 Å². The summed E-state index contributed by atoms with van der Waals surface area (Å²) in [5, 5.41) is 6.93. The van der Waals surface area contributed by atoms with Crippen molar-refractivity contribution in [3.63, 3.8) is 0 Å². The first-order valence-corrected chi connectivity index (χ1v) is 13.1. The number of ether oxygens (including phenoxy) is 2. The van der Waals surface area contributed by atoms with E-state index in [9.17, 15) is 9.59 Å². The number of nitrogens with zero attached hydrogens (tertiary/aromatic N) is 4. The number of methoxy groups -OCH3 is 1. The van der Waals surface area contributed by atoms with Crippen LogP contribution >= 0.6 is 11.6 Å². The fraction of sp³-hybridized carbons (Fsp3) is 0.464. The SMILES string of the molecule is COc1ccc(C2=NN(C(=O)CN(CCN3CCOCC3)C(=O)C(C)C)C(c3ccc(Cl)cc3)C2)cc1. The smallest absolute Gasteiger partial charge is 0.262 e. The van der Waals surface area contributed by atoms with Crippen LogP contribution in [-0.4, -0.2) is 85.4 Å². The maximum Gasteiger partial charge on any atom is 0.262 e. The molecule has 8 nitrogen and oxygen atoms in total. The molecule has 2 amide bonds. The van der Waals surface area contributed by atoms with E-state index in [0.717, 1.165) is 35.7 Å². The van der Waals surface area contributed by atoms with Crippen molar-refractivity contribution in [1.82, 2.24) is 14.8 Å². The van der Waals surface area contributed by atoms with Crippen LogP contribution in [0.2, 0.25) is 5.02 Å². The maximum absolute atomic E-state index is 13.7. The molecule has 0 aliphatic carbocycles. The number of carbonyl (C=O) groups is 2. The standard InChI is InChI=1S/C28H35ClN4O4/c1-20(2)28(35)32(13-12-31-14-16-37-17-15-31)19-27(34)33-26(22-4-8-23(29)9-5-22)18-25(30-33)21-6-10-24(36-3)11-7-21/h4-11,20,26H,12-19H2,1-3H3. The molecule has 4 rings (SSSR count). The summed E-state index contributed by atoms with van der Waals surface area (Å²) in [6, 6.07) is 14.9. The summed E-state index contributed by atoms with van der Waals surface area (Å²) >= 11 is 6.13. The van der Waals surface area contributed by atoms with Crippen molar-refractivity contribution < 1.29 is 19.1 Å². The van der Waals surface area contributed by atoms with Gasteiger partial charge in [0.05, 0.1) is 32.1 Å². The number of amides is 2. The number of carbonyl (C=O) groups excluding carboxylic acids is 2. The zero-order valence-corrected chi connectivity index (χ0v) is 22.5. The topological polar surface area (TPSA) is 74.7 Å². The van der Waals surface area contributed by atoms with Crippen molar-refractivity contribution >= 4 is 29.1 Å². The summed E-state index contributed by atoms with van der Waals surface area (Å²) in [5.74, 6) is 0.303. The Morgan fingerprint density at radius 2 is 1.78 bits per heavy atom. The van der Waals surface area contributed by atoms with Crippen molar-refractivity contribution in [2.24, 2.45) is 11.0 Å². The number of hydrogen-bond donors (Lipinski definition) is 0. The second-order valence-corrected chi connectivity index (χ2v) is 10.1. The van der Waals surface area contributed by atoms with Gasteiger partial charge in [0.2, 0.25) is 5.91 Å². The van der Waals surface area contributed by atoms with Crippen LogP contribution in [0.15, 0.2) is 53.6 Å². The Labute approximate surface area is 223 Å².